The first kappa shape index (κ1) is 12.5. The summed E-state index contributed by atoms with van der Waals surface area (Å²) in [7, 11) is 0. The van der Waals surface area contributed by atoms with Crippen molar-refractivity contribution in [1.82, 2.24) is 34.7 Å². The fourth-order valence-electron chi connectivity index (χ4n) is 1.33. The van der Waals surface area contributed by atoms with Crippen molar-refractivity contribution in [3.05, 3.63) is 24.6 Å². The van der Waals surface area contributed by atoms with Crippen molar-refractivity contribution >= 4 is 17.7 Å². The van der Waals surface area contributed by atoms with Gasteiger partial charge in [0.15, 0.2) is 0 Å². The van der Waals surface area contributed by atoms with Gasteiger partial charge < -0.3 is 4.42 Å². The highest BCUT2D eigenvalue weighted by atomic mass is 32.2. The molecular formula is C9H9N9OS. The Morgan fingerprint density at radius 2 is 2.20 bits per heavy atom. The molecule has 0 amide bonds. The molecule has 0 aromatic carbocycles. The molecule has 3 aromatic rings. The Morgan fingerprint density at radius 3 is 2.85 bits per heavy atom. The predicted octanol–water partition coefficient (Wildman–Crippen LogP) is 0.186. The van der Waals surface area contributed by atoms with Crippen molar-refractivity contribution in [2.75, 3.05) is 5.43 Å². The second-order valence-electron chi connectivity index (χ2n) is 3.58. The van der Waals surface area contributed by atoms with Gasteiger partial charge in [-0.1, -0.05) is 0 Å². The van der Waals surface area contributed by atoms with Gasteiger partial charge in [0.1, 0.15) is 18.9 Å². The summed E-state index contributed by atoms with van der Waals surface area (Å²) in [4.78, 5) is 20.4. The lowest BCUT2D eigenvalue weighted by Gasteiger charge is -2.04. The molecule has 10 nitrogen and oxygen atoms in total. The number of nitrogens with one attached hydrogen (secondary N) is 1. The van der Waals surface area contributed by atoms with E-state index in [1.807, 2.05) is 6.92 Å². The molecule has 0 aliphatic rings. The molecule has 20 heavy (non-hydrogen) atoms. The van der Waals surface area contributed by atoms with Gasteiger partial charge in [0.05, 0.1) is 5.69 Å². The smallest absolute Gasteiger partial charge is 0.263 e. The van der Waals surface area contributed by atoms with Crippen molar-refractivity contribution in [1.29, 1.82) is 0 Å². The first-order valence-electron chi connectivity index (χ1n) is 5.42. The highest BCUT2D eigenvalue weighted by Gasteiger charge is 2.12. The van der Waals surface area contributed by atoms with Crippen molar-refractivity contribution in [2.24, 2.45) is 5.84 Å². The van der Waals surface area contributed by atoms with Crippen molar-refractivity contribution in [2.45, 2.75) is 17.3 Å². The molecule has 0 saturated carbocycles. The zero-order valence-corrected chi connectivity index (χ0v) is 11.1. The van der Waals surface area contributed by atoms with Crippen LogP contribution < -0.4 is 11.3 Å². The highest BCUT2D eigenvalue weighted by Crippen LogP contribution is 2.24. The van der Waals surface area contributed by atoms with Crippen LogP contribution in [0.5, 0.6) is 0 Å². The molecule has 3 heterocycles. The quantitative estimate of drug-likeness (QED) is 0.506. The van der Waals surface area contributed by atoms with Crippen LogP contribution in [0, 0.1) is 6.92 Å². The molecule has 3 aromatic heterocycles. The number of nitrogens with zero attached hydrogens (tertiary/aromatic N) is 7. The highest BCUT2D eigenvalue weighted by molar-refractivity contribution is 7.98. The standard InChI is InChI=1S/C9H9N9OS/c1-5-2-19-9(13-5)20-8-15-6(17-10)14-7(16-8)18-4-11-3-12-18/h2-4H,10H2,1H3,(H,14,15,16,17). The van der Waals surface area contributed by atoms with Gasteiger partial charge in [0.25, 0.3) is 11.2 Å². The molecule has 0 atom stereocenters. The number of oxazole rings is 1. The minimum Gasteiger partial charge on any atom is -0.439 e. The minimum absolute atomic E-state index is 0.205. The lowest BCUT2D eigenvalue weighted by molar-refractivity contribution is 0.453. The van der Waals surface area contributed by atoms with Crippen molar-refractivity contribution in [3.63, 3.8) is 0 Å². The van der Waals surface area contributed by atoms with E-state index in [-0.39, 0.29) is 11.9 Å². The summed E-state index contributed by atoms with van der Waals surface area (Å²) >= 11 is 1.15. The van der Waals surface area contributed by atoms with E-state index in [1.165, 1.54) is 17.3 Å². The van der Waals surface area contributed by atoms with E-state index >= 15 is 0 Å². The van der Waals surface area contributed by atoms with Crippen LogP contribution in [0.15, 0.2) is 33.7 Å². The summed E-state index contributed by atoms with van der Waals surface area (Å²) in [6.07, 6.45) is 4.40. The molecule has 11 heteroatoms. The monoisotopic (exact) mass is 291 g/mol. The second kappa shape index (κ2) is 5.22. The fourth-order valence-corrected chi connectivity index (χ4v) is 2.03. The molecular weight excluding hydrogens is 282 g/mol. The number of aryl methyl sites for hydroxylation is 1. The Hall–Kier alpha value is -2.53. The van der Waals surface area contributed by atoms with Gasteiger partial charge in [-0.05, 0) is 6.92 Å². The fraction of sp³-hybridized carbons (Fsp3) is 0.111. The third kappa shape index (κ3) is 2.57. The maximum Gasteiger partial charge on any atom is 0.263 e. The number of hydrogen-bond donors (Lipinski definition) is 2. The van der Waals surface area contributed by atoms with Crippen LogP contribution in [-0.4, -0.2) is 34.7 Å². The molecule has 3 rings (SSSR count). The minimum atomic E-state index is 0.205. The zero-order chi connectivity index (χ0) is 13.9. The molecule has 102 valence electrons. The predicted molar refractivity (Wildman–Crippen MR) is 67.9 cm³/mol. The van der Waals surface area contributed by atoms with Gasteiger partial charge in [-0.25, -0.2) is 15.8 Å². The largest absolute Gasteiger partial charge is 0.439 e. The lowest BCUT2D eigenvalue weighted by Crippen LogP contribution is -2.14. The average molecular weight is 291 g/mol. The maximum absolute atomic E-state index is 5.34. The van der Waals surface area contributed by atoms with E-state index in [0.29, 0.717) is 10.4 Å². The molecule has 0 aliphatic heterocycles. The summed E-state index contributed by atoms with van der Waals surface area (Å²) < 4.78 is 6.63. The second-order valence-corrected chi connectivity index (χ2v) is 4.50. The number of nitrogens with two attached hydrogens (primary N) is 1. The Bertz CT molecular complexity index is 710. The number of anilines is 1. The Kier molecular flexibility index (Phi) is 3.26. The van der Waals surface area contributed by atoms with Crippen LogP contribution in [0.4, 0.5) is 5.95 Å². The summed E-state index contributed by atoms with van der Waals surface area (Å²) in [6, 6.07) is 0. The SMILES string of the molecule is Cc1coc(Sc2nc(NN)nc(-n3cncn3)n2)n1. The average Bonchev–Trinajstić information content (AvgIpc) is 3.10. The van der Waals surface area contributed by atoms with Crippen LogP contribution in [0.3, 0.4) is 0 Å². The van der Waals surface area contributed by atoms with Gasteiger partial charge in [0, 0.05) is 11.8 Å². The first-order valence-corrected chi connectivity index (χ1v) is 6.24. The summed E-state index contributed by atoms with van der Waals surface area (Å²) in [5.41, 5.74) is 3.15. The molecule has 0 bridgehead atoms. The van der Waals surface area contributed by atoms with Crippen molar-refractivity contribution in [3.8, 4) is 5.95 Å². The van der Waals surface area contributed by atoms with E-state index in [4.69, 9.17) is 10.3 Å². The van der Waals surface area contributed by atoms with Crippen LogP contribution in [0.25, 0.3) is 5.95 Å². The molecule has 3 N–H and O–H groups in total. The number of nitrogen functional groups attached to an aromatic ring is 1. The Morgan fingerprint density at radius 1 is 1.30 bits per heavy atom. The van der Waals surface area contributed by atoms with Crippen LogP contribution in [0.2, 0.25) is 0 Å². The number of aromatic nitrogens is 7. The van der Waals surface area contributed by atoms with E-state index < -0.39 is 0 Å². The molecule has 0 radical (unpaired) electrons. The molecule has 0 aliphatic carbocycles. The maximum atomic E-state index is 5.34. The van der Waals surface area contributed by atoms with E-state index in [9.17, 15) is 0 Å². The van der Waals surface area contributed by atoms with E-state index in [0.717, 1.165) is 17.5 Å². The Labute approximate surface area is 116 Å². The van der Waals surface area contributed by atoms with Gasteiger partial charge in [-0.15, -0.1) is 0 Å². The zero-order valence-electron chi connectivity index (χ0n) is 10.3. The normalized spacial score (nSPS) is 10.7. The number of hydrogen-bond acceptors (Lipinski definition) is 10. The molecule has 0 spiro atoms. The summed E-state index contributed by atoms with van der Waals surface area (Å²) in [5, 5.41) is 4.76. The summed E-state index contributed by atoms with van der Waals surface area (Å²) in [5.74, 6) is 5.84. The summed E-state index contributed by atoms with van der Waals surface area (Å²) in [6.45, 7) is 1.83. The van der Waals surface area contributed by atoms with E-state index in [2.05, 4.69) is 35.4 Å². The van der Waals surface area contributed by atoms with E-state index in [1.54, 1.807) is 6.26 Å². The topological polar surface area (TPSA) is 133 Å². The third-order valence-electron chi connectivity index (χ3n) is 2.13. The number of rotatable bonds is 4. The van der Waals surface area contributed by atoms with Crippen LogP contribution >= 0.6 is 11.8 Å². The third-order valence-corrected chi connectivity index (χ3v) is 2.86. The molecule has 0 fully saturated rings. The van der Waals surface area contributed by atoms with Crippen LogP contribution in [0.1, 0.15) is 5.69 Å². The lowest BCUT2D eigenvalue weighted by atomic mass is 10.6. The van der Waals surface area contributed by atoms with Crippen LogP contribution in [-0.2, 0) is 0 Å². The first-order chi connectivity index (χ1) is 9.74. The van der Waals surface area contributed by atoms with Gasteiger partial charge in [-0.3, -0.25) is 5.43 Å². The molecule has 0 unspecified atom stereocenters. The molecule has 0 saturated heterocycles. The van der Waals surface area contributed by atoms with Crippen molar-refractivity contribution < 1.29 is 4.42 Å². The van der Waals surface area contributed by atoms with Gasteiger partial charge in [-0.2, -0.15) is 24.7 Å². The van der Waals surface area contributed by atoms with Gasteiger partial charge >= 0.3 is 0 Å². The Balaban J connectivity index is 1.96. The van der Waals surface area contributed by atoms with Gasteiger partial charge in [0.2, 0.25) is 11.1 Å². The number of hydrazine groups is 1.